The molecule has 5 aliphatic heterocycles. The Morgan fingerprint density at radius 1 is 1.02 bits per heavy atom. The Hall–Kier alpha value is -3.60. The van der Waals surface area contributed by atoms with Crippen LogP contribution in [0.3, 0.4) is 0 Å². The molecule has 2 aromatic carbocycles. The molecule has 45 heavy (non-hydrogen) atoms. The number of anilines is 2. The molecular weight excluding hydrogens is 581 g/mol. The van der Waals surface area contributed by atoms with Crippen molar-refractivity contribution in [3.05, 3.63) is 41.5 Å². The van der Waals surface area contributed by atoms with Crippen LogP contribution in [0.5, 0.6) is 6.01 Å². The predicted octanol–water partition coefficient (Wildman–Crippen LogP) is 5.56. The van der Waals surface area contributed by atoms with E-state index < -0.39 is 23.3 Å². The highest BCUT2D eigenvalue weighted by Crippen LogP contribution is 2.41. The van der Waals surface area contributed by atoms with Gasteiger partial charge in [-0.1, -0.05) is 6.07 Å². The van der Waals surface area contributed by atoms with Crippen molar-refractivity contribution in [1.82, 2.24) is 20.2 Å². The fraction of sp³-hybridized carbons (Fsp3) is 0.559. The lowest BCUT2D eigenvalue weighted by atomic mass is 9.92. The molecule has 240 valence electrons. The van der Waals surface area contributed by atoms with Gasteiger partial charge in [-0.15, -0.1) is 0 Å². The second kappa shape index (κ2) is 12.3. The van der Waals surface area contributed by atoms with Crippen molar-refractivity contribution in [3.8, 4) is 17.1 Å². The summed E-state index contributed by atoms with van der Waals surface area (Å²) in [5.41, 5.74) is 7.04. The van der Waals surface area contributed by atoms with Gasteiger partial charge in [-0.3, -0.25) is 9.69 Å². The van der Waals surface area contributed by atoms with E-state index in [1.807, 2.05) is 6.07 Å². The minimum atomic E-state index is -0.894. The predicted molar refractivity (Wildman–Crippen MR) is 168 cm³/mol. The Bertz CT molecular complexity index is 1600. The number of nitrogens with one attached hydrogen (secondary N) is 1. The van der Waals surface area contributed by atoms with Crippen molar-refractivity contribution in [2.75, 3.05) is 50.0 Å². The number of rotatable bonds is 3. The Morgan fingerprint density at radius 2 is 1.89 bits per heavy atom. The Balaban J connectivity index is 1.33. The number of hydrogen-bond acceptors (Lipinski definition) is 7. The van der Waals surface area contributed by atoms with E-state index in [1.54, 1.807) is 6.07 Å². The number of hydrogen-bond donors (Lipinski definition) is 2. The first-order valence-electron chi connectivity index (χ1n) is 16.4. The number of benzene rings is 2. The molecule has 1 amide bonds. The van der Waals surface area contributed by atoms with E-state index in [2.05, 4.69) is 20.1 Å². The standard InChI is InChI=1S/C34H41F3N6O2/c35-23-17-34(11-4-14-43(34)19-23)20-45-33-40-31-25-9-8-24(30(31)37)26-16-28(38)27(36)15-22(26)6-1-2-7-29(44)39-12-10-21-5-3-13-42(18-21)32(25)41-33/h8-9,15-16,21,23H,1-7,10-14,17-20,38H2,(H,39,44)/t21?,23-,34+/m1/s1. The first-order valence-corrected chi connectivity index (χ1v) is 16.4. The van der Waals surface area contributed by atoms with Gasteiger partial charge in [0.2, 0.25) is 5.91 Å². The summed E-state index contributed by atoms with van der Waals surface area (Å²) < 4.78 is 52.1. The number of halogens is 3. The highest BCUT2D eigenvalue weighted by atomic mass is 19.1. The third kappa shape index (κ3) is 5.91. The zero-order valence-corrected chi connectivity index (χ0v) is 25.6. The maximum Gasteiger partial charge on any atom is 0.319 e. The fourth-order valence-corrected chi connectivity index (χ4v) is 7.97. The summed E-state index contributed by atoms with van der Waals surface area (Å²) in [4.78, 5) is 26.3. The molecule has 0 radical (unpaired) electrons. The topological polar surface area (TPSA) is 96.6 Å². The number of ether oxygens (including phenoxy) is 1. The first-order chi connectivity index (χ1) is 21.8. The van der Waals surface area contributed by atoms with Crippen molar-refractivity contribution in [2.24, 2.45) is 5.92 Å². The van der Waals surface area contributed by atoms with Crippen LogP contribution in [-0.4, -0.2) is 71.8 Å². The first kappa shape index (κ1) is 30.1. The molecule has 3 saturated heterocycles. The molecule has 3 atom stereocenters. The van der Waals surface area contributed by atoms with Crippen LogP contribution in [0.25, 0.3) is 22.0 Å². The molecule has 3 N–H and O–H groups in total. The third-order valence-corrected chi connectivity index (χ3v) is 10.3. The van der Waals surface area contributed by atoms with E-state index in [4.69, 9.17) is 15.5 Å². The SMILES string of the molecule is Nc1cc2c(cc1F)CCCCC(=O)NCCC1CCCN(C1)c1nc(OC[C@@]34CCCN3C[C@H](F)C4)nc3c(F)c-2ccc13. The Labute approximate surface area is 261 Å². The van der Waals surface area contributed by atoms with Crippen LogP contribution in [0.2, 0.25) is 0 Å². The third-order valence-electron chi connectivity index (χ3n) is 10.3. The van der Waals surface area contributed by atoms with Crippen LogP contribution in [0.15, 0.2) is 24.3 Å². The van der Waals surface area contributed by atoms with Crippen molar-refractivity contribution in [1.29, 1.82) is 0 Å². The summed E-state index contributed by atoms with van der Waals surface area (Å²) in [5.74, 6) is -0.156. The maximum atomic E-state index is 16.7. The number of carbonyl (C=O) groups is 1. The van der Waals surface area contributed by atoms with Crippen molar-refractivity contribution in [3.63, 3.8) is 0 Å². The summed E-state index contributed by atoms with van der Waals surface area (Å²) in [6, 6.07) is 6.46. The van der Waals surface area contributed by atoms with Gasteiger partial charge in [-0.05, 0) is 93.2 Å². The van der Waals surface area contributed by atoms with E-state index in [1.165, 1.54) is 12.1 Å². The Morgan fingerprint density at radius 3 is 2.78 bits per heavy atom. The monoisotopic (exact) mass is 622 g/mol. The number of nitrogen functional groups attached to an aromatic ring is 1. The number of amides is 1. The van der Waals surface area contributed by atoms with Gasteiger partial charge in [0.1, 0.15) is 29.9 Å². The van der Waals surface area contributed by atoms with Crippen molar-refractivity contribution in [2.45, 2.75) is 75.9 Å². The van der Waals surface area contributed by atoms with Gasteiger partial charge < -0.3 is 20.7 Å². The summed E-state index contributed by atoms with van der Waals surface area (Å²) in [7, 11) is 0. The molecule has 0 spiro atoms. The van der Waals surface area contributed by atoms with Gasteiger partial charge in [0.25, 0.3) is 0 Å². The normalized spacial score (nSPS) is 26.0. The highest BCUT2D eigenvalue weighted by molar-refractivity contribution is 5.94. The van der Waals surface area contributed by atoms with Crippen LogP contribution >= 0.6 is 0 Å². The molecule has 3 fully saturated rings. The van der Waals surface area contributed by atoms with E-state index in [-0.39, 0.29) is 35.3 Å². The van der Waals surface area contributed by atoms with E-state index in [9.17, 15) is 13.6 Å². The number of alkyl halides is 1. The molecular formula is C34H41F3N6O2. The van der Waals surface area contributed by atoms with E-state index in [0.29, 0.717) is 80.0 Å². The summed E-state index contributed by atoms with van der Waals surface area (Å²) >= 11 is 0. The molecule has 8 rings (SSSR count). The molecule has 6 bridgehead atoms. The largest absolute Gasteiger partial charge is 0.461 e. The smallest absolute Gasteiger partial charge is 0.319 e. The zero-order chi connectivity index (χ0) is 31.1. The fourth-order valence-electron chi connectivity index (χ4n) is 7.97. The van der Waals surface area contributed by atoms with Crippen LogP contribution in [0.4, 0.5) is 24.7 Å². The van der Waals surface area contributed by atoms with Gasteiger partial charge in [0, 0.05) is 50.0 Å². The molecule has 1 aromatic heterocycles. The average molecular weight is 623 g/mol. The highest BCUT2D eigenvalue weighted by Gasteiger charge is 2.49. The summed E-state index contributed by atoms with van der Waals surface area (Å²) in [5, 5.41) is 3.63. The maximum absolute atomic E-state index is 16.7. The number of piperidine rings is 1. The molecule has 5 aliphatic rings. The van der Waals surface area contributed by atoms with Crippen LogP contribution in [-0.2, 0) is 11.2 Å². The molecule has 3 aromatic rings. The minimum Gasteiger partial charge on any atom is -0.461 e. The van der Waals surface area contributed by atoms with Gasteiger partial charge in [-0.25, -0.2) is 13.2 Å². The minimum absolute atomic E-state index is 0.00864. The molecule has 1 unspecified atom stereocenters. The number of nitrogens with two attached hydrogens (primary N) is 1. The number of carbonyl (C=O) groups excluding carboxylic acids is 1. The van der Waals surface area contributed by atoms with Gasteiger partial charge in [0.05, 0.1) is 11.2 Å². The van der Waals surface area contributed by atoms with Crippen LogP contribution < -0.4 is 20.7 Å². The van der Waals surface area contributed by atoms with Crippen molar-refractivity contribution < 1.29 is 22.7 Å². The number of nitrogens with zero attached hydrogens (tertiary/aromatic N) is 4. The average Bonchev–Trinajstić information content (AvgIpc) is 3.55. The van der Waals surface area contributed by atoms with Crippen LogP contribution in [0, 0.1) is 17.6 Å². The molecule has 0 saturated carbocycles. The second-order valence-corrected chi connectivity index (χ2v) is 13.3. The quantitative estimate of drug-likeness (QED) is 0.369. The van der Waals surface area contributed by atoms with Gasteiger partial charge >= 0.3 is 6.01 Å². The molecule has 0 aliphatic carbocycles. The van der Waals surface area contributed by atoms with E-state index >= 15 is 4.39 Å². The number of fused-ring (bicyclic) bond motifs is 9. The number of aryl methyl sites for hydroxylation is 1. The van der Waals surface area contributed by atoms with Crippen LogP contribution in [0.1, 0.15) is 63.4 Å². The number of aromatic nitrogens is 2. The molecule has 8 nitrogen and oxygen atoms in total. The second-order valence-electron chi connectivity index (χ2n) is 13.3. The summed E-state index contributed by atoms with van der Waals surface area (Å²) in [6.45, 7) is 3.53. The lowest BCUT2D eigenvalue weighted by Crippen LogP contribution is -2.43. The Kier molecular flexibility index (Phi) is 8.22. The lowest BCUT2D eigenvalue weighted by molar-refractivity contribution is -0.121. The molecule has 11 heteroatoms. The summed E-state index contributed by atoms with van der Waals surface area (Å²) in [6.07, 6.45) is 6.27. The van der Waals surface area contributed by atoms with Gasteiger partial charge in [0.15, 0.2) is 5.82 Å². The zero-order valence-electron chi connectivity index (χ0n) is 25.6. The lowest BCUT2D eigenvalue weighted by Gasteiger charge is -2.34. The van der Waals surface area contributed by atoms with Crippen molar-refractivity contribution >= 4 is 28.3 Å². The van der Waals surface area contributed by atoms with Gasteiger partial charge in [-0.2, -0.15) is 9.97 Å². The van der Waals surface area contributed by atoms with E-state index in [0.717, 1.165) is 45.2 Å². The molecule has 6 heterocycles.